The van der Waals surface area contributed by atoms with Crippen molar-refractivity contribution in [3.05, 3.63) is 34.9 Å². The average molecular weight is 229 g/mol. The van der Waals surface area contributed by atoms with E-state index in [0.29, 0.717) is 5.56 Å². The quantitative estimate of drug-likeness (QED) is 0.827. The molecule has 0 aromatic heterocycles. The van der Waals surface area contributed by atoms with Crippen LogP contribution in [0.4, 0.5) is 8.78 Å². The van der Waals surface area contributed by atoms with Gasteiger partial charge in [0.05, 0.1) is 6.42 Å². The lowest BCUT2D eigenvalue weighted by molar-refractivity contribution is -0.137. The molecule has 0 amide bonds. The largest absolute Gasteiger partial charge is 0.481 e. The maximum absolute atomic E-state index is 13.2. The van der Waals surface area contributed by atoms with E-state index in [-0.39, 0.29) is 18.5 Å². The van der Waals surface area contributed by atoms with Crippen molar-refractivity contribution >= 4 is 5.97 Å². The maximum atomic E-state index is 13.2. The Morgan fingerprint density at radius 3 is 2.62 bits per heavy atom. The van der Waals surface area contributed by atoms with Crippen molar-refractivity contribution in [2.75, 3.05) is 6.54 Å². The van der Waals surface area contributed by atoms with Crippen LogP contribution in [0.5, 0.6) is 0 Å². The van der Waals surface area contributed by atoms with Crippen LogP contribution in [-0.4, -0.2) is 17.6 Å². The molecular formula is C11H13F2NO2. The van der Waals surface area contributed by atoms with Crippen LogP contribution in [0.2, 0.25) is 0 Å². The third kappa shape index (κ3) is 2.76. The van der Waals surface area contributed by atoms with Gasteiger partial charge in [-0.1, -0.05) is 0 Å². The van der Waals surface area contributed by atoms with Gasteiger partial charge in [0.15, 0.2) is 0 Å². The fourth-order valence-electron chi connectivity index (χ4n) is 1.62. The average Bonchev–Trinajstić information content (AvgIpc) is 2.20. The summed E-state index contributed by atoms with van der Waals surface area (Å²) in [4.78, 5) is 10.6. The fourth-order valence-corrected chi connectivity index (χ4v) is 1.62. The number of hydrogen-bond acceptors (Lipinski definition) is 2. The van der Waals surface area contributed by atoms with Crippen LogP contribution in [0, 0.1) is 18.6 Å². The number of nitrogens with two attached hydrogens (primary N) is 1. The molecule has 1 aromatic carbocycles. The molecule has 1 aromatic rings. The highest BCUT2D eigenvalue weighted by Gasteiger charge is 2.18. The zero-order valence-corrected chi connectivity index (χ0v) is 8.84. The second kappa shape index (κ2) is 5.03. The van der Waals surface area contributed by atoms with Gasteiger partial charge in [-0.15, -0.1) is 0 Å². The van der Waals surface area contributed by atoms with Crippen LogP contribution < -0.4 is 5.73 Å². The molecule has 0 fully saturated rings. The van der Waals surface area contributed by atoms with Crippen molar-refractivity contribution in [1.82, 2.24) is 0 Å². The Hall–Kier alpha value is -1.49. The number of benzene rings is 1. The lowest BCUT2D eigenvalue weighted by Gasteiger charge is -2.16. The molecule has 1 unspecified atom stereocenters. The molecule has 0 aliphatic carbocycles. The van der Waals surface area contributed by atoms with E-state index in [1.807, 2.05) is 0 Å². The molecule has 3 nitrogen and oxygen atoms in total. The van der Waals surface area contributed by atoms with Gasteiger partial charge in [0.25, 0.3) is 0 Å². The number of carboxylic acid groups (broad SMARTS) is 1. The van der Waals surface area contributed by atoms with Crippen molar-refractivity contribution in [3.63, 3.8) is 0 Å². The van der Waals surface area contributed by atoms with Crippen molar-refractivity contribution in [2.45, 2.75) is 19.3 Å². The third-order valence-corrected chi connectivity index (χ3v) is 2.49. The van der Waals surface area contributed by atoms with E-state index in [4.69, 9.17) is 10.8 Å². The minimum atomic E-state index is -1.04. The molecule has 0 aliphatic heterocycles. The highest BCUT2D eigenvalue weighted by atomic mass is 19.1. The van der Waals surface area contributed by atoms with Crippen LogP contribution in [0.15, 0.2) is 12.1 Å². The summed E-state index contributed by atoms with van der Waals surface area (Å²) in [5, 5.41) is 8.66. The summed E-state index contributed by atoms with van der Waals surface area (Å²) >= 11 is 0. The van der Waals surface area contributed by atoms with Crippen molar-refractivity contribution in [1.29, 1.82) is 0 Å². The minimum Gasteiger partial charge on any atom is -0.481 e. The number of carbonyl (C=O) groups is 1. The molecule has 0 saturated carbocycles. The number of rotatable bonds is 4. The first-order chi connectivity index (χ1) is 7.45. The molecule has 1 atom stereocenters. The van der Waals surface area contributed by atoms with Gasteiger partial charge in [0.2, 0.25) is 0 Å². The second-order valence-corrected chi connectivity index (χ2v) is 3.63. The molecular weight excluding hydrogens is 216 g/mol. The Labute approximate surface area is 91.9 Å². The zero-order chi connectivity index (χ0) is 12.3. The van der Waals surface area contributed by atoms with Crippen LogP contribution in [0.3, 0.4) is 0 Å². The molecule has 0 spiro atoms. The lowest BCUT2D eigenvalue weighted by atomic mass is 9.92. The van der Waals surface area contributed by atoms with Crippen LogP contribution in [0.25, 0.3) is 0 Å². The van der Waals surface area contributed by atoms with E-state index in [2.05, 4.69) is 0 Å². The normalized spacial score (nSPS) is 12.5. The Morgan fingerprint density at radius 1 is 1.50 bits per heavy atom. The van der Waals surface area contributed by atoms with Crippen molar-refractivity contribution in [2.24, 2.45) is 5.73 Å². The first-order valence-corrected chi connectivity index (χ1v) is 4.83. The molecule has 0 aliphatic rings. The van der Waals surface area contributed by atoms with Crippen molar-refractivity contribution in [3.8, 4) is 0 Å². The van der Waals surface area contributed by atoms with Gasteiger partial charge in [0.1, 0.15) is 11.6 Å². The van der Waals surface area contributed by atoms with Gasteiger partial charge in [-0.3, -0.25) is 4.79 Å². The molecule has 16 heavy (non-hydrogen) atoms. The van der Waals surface area contributed by atoms with Gasteiger partial charge in [0, 0.05) is 12.0 Å². The standard InChI is InChI=1S/C11H13F2NO2/c1-6-9(3-8(12)4-10(6)13)7(5-14)2-11(15)16/h3-4,7H,2,5,14H2,1H3,(H,15,16). The second-order valence-electron chi connectivity index (χ2n) is 3.63. The van der Waals surface area contributed by atoms with Gasteiger partial charge < -0.3 is 10.8 Å². The molecule has 0 bridgehead atoms. The van der Waals surface area contributed by atoms with E-state index in [0.717, 1.165) is 12.1 Å². The monoisotopic (exact) mass is 229 g/mol. The maximum Gasteiger partial charge on any atom is 0.304 e. The summed E-state index contributed by atoms with van der Waals surface area (Å²) in [7, 11) is 0. The molecule has 88 valence electrons. The highest BCUT2D eigenvalue weighted by molar-refractivity contribution is 5.68. The zero-order valence-electron chi connectivity index (χ0n) is 8.84. The summed E-state index contributed by atoms with van der Waals surface area (Å²) in [6, 6.07) is 1.91. The molecule has 0 heterocycles. The first-order valence-electron chi connectivity index (χ1n) is 4.83. The van der Waals surface area contributed by atoms with Gasteiger partial charge in [-0.25, -0.2) is 8.78 Å². The summed E-state index contributed by atoms with van der Waals surface area (Å²) in [6.45, 7) is 1.52. The summed E-state index contributed by atoms with van der Waals surface area (Å²) < 4.78 is 26.3. The van der Waals surface area contributed by atoms with Crippen LogP contribution >= 0.6 is 0 Å². The smallest absolute Gasteiger partial charge is 0.304 e. The number of halogens is 2. The topological polar surface area (TPSA) is 63.3 Å². The SMILES string of the molecule is Cc1c(F)cc(F)cc1C(CN)CC(=O)O. The molecule has 5 heteroatoms. The van der Waals surface area contributed by atoms with Crippen molar-refractivity contribution < 1.29 is 18.7 Å². The third-order valence-electron chi connectivity index (χ3n) is 2.49. The van der Waals surface area contributed by atoms with Gasteiger partial charge in [-0.05, 0) is 30.7 Å². The van der Waals surface area contributed by atoms with Gasteiger partial charge in [-0.2, -0.15) is 0 Å². The molecule has 0 radical (unpaired) electrons. The predicted molar refractivity (Wildman–Crippen MR) is 55.1 cm³/mol. The minimum absolute atomic E-state index is 0.0377. The Morgan fingerprint density at radius 2 is 2.12 bits per heavy atom. The number of hydrogen-bond donors (Lipinski definition) is 2. The van der Waals surface area contributed by atoms with E-state index in [1.165, 1.54) is 6.92 Å². The Kier molecular flexibility index (Phi) is 3.95. The molecule has 0 saturated heterocycles. The lowest BCUT2D eigenvalue weighted by Crippen LogP contribution is -2.18. The number of aliphatic carboxylic acids is 1. The van der Waals surface area contributed by atoms with E-state index in [1.54, 1.807) is 0 Å². The van der Waals surface area contributed by atoms with Crippen LogP contribution in [-0.2, 0) is 4.79 Å². The highest BCUT2D eigenvalue weighted by Crippen LogP contribution is 2.25. The summed E-state index contributed by atoms with van der Waals surface area (Å²) in [5.41, 5.74) is 5.98. The number of carboxylic acids is 1. The fraction of sp³-hybridized carbons (Fsp3) is 0.364. The van der Waals surface area contributed by atoms with E-state index < -0.39 is 23.5 Å². The Balaban J connectivity index is 3.13. The van der Waals surface area contributed by atoms with Crippen LogP contribution in [0.1, 0.15) is 23.5 Å². The van der Waals surface area contributed by atoms with Gasteiger partial charge >= 0.3 is 5.97 Å². The van der Waals surface area contributed by atoms with E-state index in [9.17, 15) is 13.6 Å². The summed E-state index contributed by atoms with van der Waals surface area (Å²) in [6.07, 6.45) is -0.236. The first kappa shape index (κ1) is 12.6. The molecule has 1 rings (SSSR count). The Bertz CT molecular complexity index is 407. The molecule has 3 N–H and O–H groups in total. The predicted octanol–water partition coefficient (Wildman–Crippen LogP) is 1.79. The van der Waals surface area contributed by atoms with E-state index >= 15 is 0 Å². The summed E-state index contributed by atoms with van der Waals surface area (Å²) in [5.74, 6) is -3.01.